The lowest BCUT2D eigenvalue weighted by atomic mass is 10.0. The number of rotatable bonds is 3. The first-order chi connectivity index (χ1) is 11.6. The minimum Gasteiger partial charge on any atom is -0.507 e. The van der Waals surface area contributed by atoms with Crippen molar-refractivity contribution in [2.45, 2.75) is 0 Å². The summed E-state index contributed by atoms with van der Waals surface area (Å²) in [5.41, 5.74) is 3.49. The Kier molecular flexibility index (Phi) is 4.97. The van der Waals surface area contributed by atoms with Gasteiger partial charge in [0.2, 0.25) is 0 Å². The van der Waals surface area contributed by atoms with E-state index < -0.39 is 0 Å². The van der Waals surface area contributed by atoms with E-state index in [2.05, 4.69) is 42.4 Å². The second-order valence-corrected chi connectivity index (χ2v) is 6.67. The quantitative estimate of drug-likeness (QED) is 0.446. The van der Waals surface area contributed by atoms with Crippen molar-refractivity contribution < 1.29 is 9.90 Å². The van der Waals surface area contributed by atoms with Crippen LogP contribution in [0.15, 0.2) is 68.6 Å². The number of benzene rings is 3. The number of hydrazone groups is 1. The van der Waals surface area contributed by atoms with Crippen LogP contribution in [0, 0.1) is 0 Å². The molecule has 3 rings (SSSR count). The zero-order chi connectivity index (χ0) is 17.1. The fourth-order valence-electron chi connectivity index (χ4n) is 2.31. The average Bonchev–Trinajstić information content (AvgIpc) is 2.59. The second kappa shape index (κ2) is 7.15. The topological polar surface area (TPSA) is 61.7 Å². The van der Waals surface area contributed by atoms with E-state index in [4.69, 9.17) is 0 Å². The van der Waals surface area contributed by atoms with Crippen LogP contribution in [0.4, 0.5) is 0 Å². The monoisotopic (exact) mass is 446 g/mol. The molecule has 0 radical (unpaired) electrons. The molecule has 4 nitrogen and oxygen atoms in total. The molecule has 0 aliphatic rings. The average molecular weight is 448 g/mol. The molecule has 0 saturated carbocycles. The van der Waals surface area contributed by atoms with Crippen LogP contribution in [0.3, 0.4) is 0 Å². The molecule has 0 atom stereocenters. The van der Waals surface area contributed by atoms with Gasteiger partial charge in [-0.25, -0.2) is 5.43 Å². The molecule has 1 amide bonds. The van der Waals surface area contributed by atoms with Crippen LogP contribution in [0.25, 0.3) is 10.8 Å². The minimum atomic E-state index is -0.348. The molecule has 2 N–H and O–H groups in total. The fourth-order valence-corrected chi connectivity index (χ4v) is 3.13. The fraction of sp³-hybridized carbons (Fsp3) is 0. The summed E-state index contributed by atoms with van der Waals surface area (Å²) in [5, 5.41) is 15.9. The Morgan fingerprint density at radius 2 is 1.83 bits per heavy atom. The molecule has 6 heteroatoms. The number of amides is 1. The van der Waals surface area contributed by atoms with E-state index in [-0.39, 0.29) is 11.7 Å². The number of fused-ring (bicyclic) bond motifs is 1. The van der Waals surface area contributed by atoms with E-state index in [0.29, 0.717) is 15.6 Å². The van der Waals surface area contributed by atoms with Crippen molar-refractivity contribution >= 4 is 54.8 Å². The third kappa shape index (κ3) is 3.34. The smallest absolute Gasteiger partial charge is 0.272 e. The molecule has 0 aliphatic heterocycles. The van der Waals surface area contributed by atoms with Gasteiger partial charge >= 0.3 is 0 Å². The maximum absolute atomic E-state index is 12.2. The lowest BCUT2D eigenvalue weighted by Gasteiger charge is -2.06. The van der Waals surface area contributed by atoms with Crippen molar-refractivity contribution in [3.63, 3.8) is 0 Å². The number of hydrogen-bond acceptors (Lipinski definition) is 3. The highest BCUT2D eigenvalue weighted by Crippen LogP contribution is 2.27. The molecule has 0 aromatic heterocycles. The zero-order valence-electron chi connectivity index (χ0n) is 12.3. The van der Waals surface area contributed by atoms with Crippen molar-refractivity contribution in [1.82, 2.24) is 5.43 Å². The van der Waals surface area contributed by atoms with Crippen LogP contribution < -0.4 is 5.43 Å². The van der Waals surface area contributed by atoms with Gasteiger partial charge in [-0.2, -0.15) is 5.10 Å². The van der Waals surface area contributed by atoms with Gasteiger partial charge in [0, 0.05) is 14.5 Å². The number of phenols is 1. The molecule has 0 aliphatic carbocycles. The molecule has 0 saturated heterocycles. The van der Waals surface area contributed by atoms with E-state index in [1.807, 2.05) is 36.4 Å². The number of carbonyl (C=O) groups excluding carboxylic acids is 1. The Morgan fingerprint density at radius 1 is 1.04 bits per heavy atom. The Morgan fingerprint density at radius 3 is 2.67 bits per heavy atom. The normalized spacial score (nSPS) is 11.1. The van der Waals surface area contributed by atoms with Crippen molar-refractivity contribution in [3.8, 4) is 5.75 Å². The van der Waals surface area contributed by atoms with Gasteiger partial charge in [0.15, 0.2) is 0 Å². The lowest BCUT2D eigenvalue weighted by molar-refractivity contribution is 0.0954. The molecule has 3 aromatic rings. The molecule has 0 fully saturated rings. The second-order valence-electron chi connectivity index (χ2n) is 5.02. The molecule has 0 bridgehead atoms. The third-order valence-corrected chi connectivity index (χ3v) is 5.55. The predicted octanol–water partition coefficient (Wildman–Crippen LogP) is 4.83. The summed E-state index contributed by atoms with van der Waals surface area (Å²) in [4.78, 5) is 12.2. The summed E-state index contributed by atoms with van der Waals surface area (Å²) >= 11 is 6.72. The van der Waals surface area contributed by atoms with E-state index in [1.54, 1.807) is 18.2 Å². The largest absolute Gasteiger partial charge is 0.507 e. The summed E-state index contributed by atoms with van der Waals surface area (Å²) in [6, 6.07) is 16.4. The molecule has 0 unspecified atom stereocenters. The highest BCUT2D eigenvalue weighted by atomic mass is 79.9. The van der Waals surface area contributed by atoms with Crippen LogP contribution in [0.5, 0.6) is 5.75 Å². The van der Waals surface area contributed by atoms with Gasteiger partial charge in [-0.05, 0) is 60.8 Å². The number of hydrogen-bond donors (Lipinski definition) is 2. The van der Waals surface area contributed by atoms with Gasteiger partial charge in [-0.3, -0.25) is 4.79 Å². The first kappa shape index (κ1) is 16.7. The Hall–Kier alpha value is -2.18. The summed E-state index contributed by atoms with van der Waals surface area (Å²) in [7, 11) is 0. The summed E-state index contributed by atoms with van der Waals surface area (Å²) in [5.74, 6) is -0.241. The van der Waals surface area contributed by atoms with Gasteiger partial charge < -0.3 is 5.11 Å². The molecule has 0 spiro atoms. The SMILES string of the molecule is O=C(N/N=C/c1c(O)ccc2ccccc12)c1cccc(Br)c1Br. The Bertz CT molecular complexity index is 955. The highest BCUT2D eigenvalue weighted by Gasteiger charge is 2.11. The maximum atomic E-state index is 12.2. The number of aromatic hydroxyl groups is 1. The number of phenolic OH excluding ortho intramolecular Hbond substituents is 1. The van der Waals surface area contributed by atoms with Gasteiger partial charge in [0.25, 0.3) is 5.91 Å². The van der Waals surface area contributed by atoms with Crippen LogP contribution in [0.1, 0.15) is 15.9 Å². The Labute approximate surface area is 155 Å². The van der Waals surface area contributed by atoms with Crippen molar-refractivity contribution in [2.75, 3.05) is 0 Å². The molecule has 0 heterocycles. The molecule has 3 aromatic carbocycles. The number of nitrogens with one attached hydrogen (secondary N) is 1. The molecule has 120 valence electrons. The van der Waals surface area contributed by atoms with Gasteiger partial charge in [0.05, 0.1) is 11.8 Å². The van der Waals surface area contributed by atoms with E-state index >= 15 is 0 Å². The van der Waals surface area contributed by atoms with Crippen molar-refractivity contribution in [2.24, 2.45) is 5.10 Å². The van der Waals surface area contributed by atoms with Crippen molar-refractivity contribution in [3.05, 3.63) is 74.7 Å². The predicted molar refractivity (Wildman–Crippen MR) is 103 cm³/mol. The highest BCUT2D eigenvalue weighted by molar-refractivity contribution is 9.13. The van der Waals surface area contributed by atoms with E-state index in [0.717, 1.165) is 15.2 Å². The molecular formula is C18H12Br2N2O2. The number of nitrogens with zero attached hydrogens (tertiary/aromatic N) is 1. The summed E-state index contributed by atoms with van der Waals surface area (Å²) in [6.07, 6.45) is 1.45. The number of carbonyl (C=O) groups is 1. The summed E-state index contributed by atoms with van der Waals surface area (Å²) in [6.45, 7) is 0. The van der Waals surface area contributed by atoms with Crippen LogP contribution in [0.2, 0.25) is 0 Å². The van der Waals surface area contributed by atoms with Gasteiger partial charge in [0.1, 0.15) is 5.75 Å². The van der Waals surface area contributed by atoms with Crippen LogP contribution in [-0.4, -0.2) is 17.2 Å². The molecule has 24 heavy (non-hydrogen) atoms. The molecular weight excluding hydrogens is 436 g/mol. The minimum absolute atomic E-state index is 0.107. The van der Waals surface area contributed by atoms with Crippen LogP contribution >= 0.6 is 31.9 Å². The van der Waals surface area contributed by atoms with Gasteiger partial charge in [-0.15, -0.1) is 0 Å². The summed E-state index contributed by atoms with van der Waals surface area (Å²) < 4.78 is 1.44. The lowest BCUT2D eigenvalue weighted by Crippen LogP contribution is -2.18. The Balaban J connectivity index is 1.86. The van der Waals surface area contributed by atoms with E-state index in [1.165, 1.54) is 6.21 Å². The van der Waals surface area contributed by atoms with Crippen molar-refractivity contribution in [1.29, 1.82) is 0 Å². The van der Waals surface area contributed by atoms with E-state index in [9.17, 15) is 9.90 Å². The maximum Gasteiger partial charge on any atom is 0.272 e. The first-order valence-electron chi connectivity index (χ1n) is 7.06. The first-order valence-corrected chi connectivity index (χ1v) is 8.64. The standard InChI is InChI=1S/C18H12Br2N2O2/c19-15-7-3-6-13(17(15)20)18(24)22-21-10-14-12-5-2-1-4-11(12)8-9-16(14)23/h1-10,23H,(H,22,24)/b21-10+. The number of halogens is 2. The zero-order valence-corrected chi connectivity index (χ0v) is 15.5. The third-order valence-electron chi connectivity index (χ3n) is 3.50. The van der Waals surface area contributed by atoms with Crippen LogP contribution in [-0.2, 0) is 0 Å². The van der Waals surface area contributed by atoms with Gasteiger partial charge in [-0.1, -0.05) is 36.4 Å².